The lowest BCUT2D eigenvalue weighted by Gasteiger charge is -2.09. The SMILES string of the molecule is Cc1cc(C)c(-c2nnc(N)c(=O)[nH]2)c(C)c1. The predicted molar refractivity (Wildman–Crippen MR) is 66.7 cm³/mol. The van der Waals surface area contributed by atoms with Crippen LogP contribution in [0, 0.1) is 20.8 Å². The minimum absolute atomic E-state index is 0.115. The van der Waals surface area contributed by atoms with Gasteiger partial charge in [-0.1, -0.05) is 17.7 Å². The molecule has 0 atom stereocenters. The standard InChI is InChI=1S/C12H14N4O/c1-6-4-7(2)9(8(3)5-6)11-14-12(17)10(13)15-16-11/h4-5H,1-3H3,(H2,13,15)(H,14,16,17). The zero-order valence-electron chi connectivity index (χ0n) is 10.0. The van der Waals surface area contributed by atoms with E-state index in [9.17, 15) is 4.79 Å². The van der Waals surface area contributed by atoms with Crippen LogP contribution >= 0.6 is 0 Å². The Hall–Kier alpha value is -2.17. The zero-order chi connectivity index (χ0) is 12.6. The van der Waals surface area contributed by atoms with E-state index in [1.807, 2.05) is 32.9 Å². The molecule has 1 aromatic carbocycles. The van der Waals surface area contributed by atoms with Crippen LogP contribution in [-0.2, 0) is 0 Å². The fraction of sp³-hybridized carbons (Fsp3) is 0.250. The molecule has 1 aromatic heterocycles. The molecule has 0 aliphatic carbocycles. The highest BCUT2D eigenvalue weighted by Gasteiger charge is 2.10. The van der Waals surface area contributed by atoms with E-state index in [-0.39, 0.29) is 5.82 Å². The average molecular weight is 230 g/mol. The second kappa shape index (κ2) is 4.01. The summed E-state index contributed by atoms with van der Waals surface area (Å²) in [7, 11) is 0. The number of aromatic nitrogens is 3. The van der Waals surface area contributed by atoms with Crippen molar-refractivity contribution in [2.24, 2.45) is 0 Å². The fourth-order valence-corrected chi connectivity index (χ4v) is 2.01. The molecule has 0 amide bonds. The first-order chi connectivity index (χ1) is 7.99. The van der Waals surface area contributed by atoms with Gasteiger partial charge in [-0.25, -0.2) is 0 Å². The van der Waals surface area contributed by atoms with Crippen molar-refractivity contribution in [3.05, 3.63) is 39.2 Å². The number of hydrogen-bond acceptors (Lipinski definition) is 4. The molecule has 0 unspecified atom stereocenters. The zero-order valence-corrected chi connectivity index (χ0v) is 10.0. The van der Waals surface area contributed by atoms with Gasteiger partial charge in [0.05, 0.1) is 0 Å². The third kappa shape index (κ3) is 2.04. The number of H-pyrrole nitrogens is 1. The number of rotatable bonds is 1. The maximum atomic E-state index is 11.4. The Morgan fingerprint density at radius 2 is 1.71 bits per heavy atom. The van der Waals surface area contributed by atoms with Crippen molar-refractivity contribution < 1.29 is 0 Å². The number of aromatic amines is 1. The van der Waals surface area contributed by atoms with Gasteiger partial charge in [0.2, 0.25) is 5.82 Å². The van der Waals surface area contributed by atoms with Crippen LogP contribution in [0.25, 0.3) is 11.4 Å². The molecule has 0 aliphatic rings. The van der Waals surface area contributed by atoms with Crippen LogP contribution in [0.1, 0.15) is 16.7 Å². The highest BCUT2D eigenvalue weighted by atomic mass is 16.1. The molecule has 0 saturated carbocycles. The molecular formula is C12H14N4O. The topological polar surface area (TPSA) is 84.7 Å². The van der Waals surface area contributed by atoms with Gasteiger partial charge in [-0.15, -0.1) is 10.2 Å². The normalized spacial score (nSPS) is 10.5. The summed E-state index contributed by atoms with van der Waals surface area (Å²) in [4.78, 5) is 14.1. The molecule has 1 heterocycles. The van der Waals surface area contributed by atoms with Crippen molar-refractivity contribution in [2.45, 2.75) is 20.8 Å². The molecule has 88 valence electrons. The summed E-state index contributed by atoms with van der Waals surface area (Å²) >= 11 is 0. The summed E-state index contributed by atoms with van der Waals surface area (Å²) in [6, 6.07) is 4.08. The maximum absolute atomic E-state index is 11.4. The van der Waals surface area contributed by atoms with E-state index < -0.39 is 5.56 Å². The lowest BCUT2D eigenvalue weighted by Crippen LogP contribution is -2.16. The fourth-order valence-electron chi connectivity index (χ4n) is 2.01. The van der Waals surface area contributed by atoms with Gasteiger partial charge in [-0.05, 0) is 31.9 Å². The Morgan fingerprint density at radius 3 is 2.24 bits per heavy atom. The second-order valence-electron chi connectivity index (χ2n) is 4.16. The van der Waals surface area contributed by atoms with E-state index in [1.165, 1.54) is 5.56 Å². The smallest absolute Gasteiger partial charge is 0.293 e. The molecule has 5 heteroatoms. The molecule has 0 radical (unpaired) electrons. The number of nitrogens with one attached hydrogen (secondary N) is 1. The molecule has 3 N–H and O–H groups in total. The van der Waals surface area contributed by atoms with Crippen molar-refractivity contribution in [3.8, 4) is 11.4 Å². The summed E-state index contributed by atoms with van der Waals surface area (Å²) in [6.45, 7) is 5.98. The van der Waals surface area contributed by atoms with Gasteiger partial charge in [0.15, 0.2) is 5.82 Å². The molecule has 0 fully saturated rings. The highest BCUT2D eigenvalue weighted by Crippen LogP contribution is 2.24. The molecule has 2 rings (SSSR count). The summed E-state index contributed by atoms with van der Waals surface area (Å²) in [5, 5.41) is 7.57. The van der Waals surface area contributed by atoms with E-state index in [2.05, 4.69) is 15.2 Å². The van der Waals surface area contributed by atoms with Crippen LogP contribution in [-0.4, -0.2) is 15.2 Å². The Labute approximate surface area is 98.7 Å². The van der Waals surface area contributed by atoms with E-state index in [0.717, 1.165) is 16.7 Å². The first-order valence-electron chi connectivity index (χ1n) is 5.29. The van der Waals surface area contributed by atoms with Crippen LogP contribution in [0.4, 0.5) is 5.82 Å². The monoisotopic (exact) mass is 230 g/mol. The third-order valence-corrected chi connectivity index (χ3v) is 2.64. The summed E-state index contributed by atoms with van der Waals surface area (Å²) in [5.74, 6) is 0.343. The number of nitrogens with zero attached hydrogens (tertiary/aromatic N) is 2. The molecular weight excluding hydrogens is 216 g/mol. The predicted octanol–water partition coefficient (Wildman–Crippen LogP) is 1.34. The Kier molecular flexibility index (Phi) is 2.67. The quantitative estimate of drug-likeness (QED) is 0.774. The minimum Gasteiger partial charge on any atom is -0.378 e. The molecule has 0 aliphatic heterocycles. The van der Waals surface area contributed by atoms with Crippen LogP contribution in [0.15, 0.2) is 16.9 Å². The molecule has 2 aromatic rings. The van der Waals surface area contributed by atoms with E-state index >= 15 is 0 Å². The maximum Gasteiger partial charge on any atom is 0.293 e. The van der Waals surface area contributed by atoms with Gasteiger partial charge in [-0.3, -0.25) is 4.79 Å². The first-order valence-corrected chi connectivity index (χ1v) is 5.29. The molecule has 17 heavy (non-hydrogen) atoms. The Balaban J connectivity index is 2.68. The number of nitrogen functional groups attached to an aromatic ring is 1. The van der Waals surface area contributed by atoms with Crippen LogP contribution in [0.3, 0.4) is 0 Å². The number of nitrogens with two attached hydrogens (primary N) is 1. The number of benzene rings is 1. The van der Waals surface area contributed by atoms with Crippen LogP contribution in [0.2, 0.25) is 0 Å². The number of aryl methyl sites for hydroxylation is 3. The third-order valence-electron chi connectivity index (χ3n) is 2.64. The van der Waals surface area contributed by atoms with E-state index in [4.69, 9.17) is 5.73 Å². The average Bonchev–Trinajstić information content (AvgIpc) is 2.21. The highest BCUT2D eigenvalue weighted by molar-refractivity contribution is 5.64. The van der Waals surface area contributed by atoms with E-state index in [0.29, 0.717) is 5.82 Å². The van der Waals surface area contributed by atoms with Crippen molar-refractivity contribution >= 4 is 5.82 Å². The van der Waals surface area contributed by atoms with Gasteiger partial charge in [0, 0.05) is 5.56 Å². The number of anilines is 1. The van der Waals surface area contributed by atoms with Gasteiger partial charge >= 0.3 is 0 Å². The van der Waals surface area contributed by atoms with Gasteiger partial charge < -0.3 is 10.7 Å². The second-order valence-corrected chi connectivity index (χ2v) is 4.16. The summed E-state index contributed by atoms with van der Waals surface area (Å²) in [5.41, 5.74) is 9.13. The van der Waals surface area contributed by atoms with Crippen LogP contribution < -0.4 is 11.3 Å². The van der Waals surface area contributed by atoms with Crippen molar-refractivity contribution in [1.29, 1.82) is 0 Å². The van der Waals surface area contributed by atoms with Crippen LogP contribution in [0.5, 0.6) is 0 Å². The van der Waals surface area contributed by atoms with Gasteiger partial charge in [0.1, 0.15) is 0 Å². The largest absolute Gasteiger partial charge is 0.378 e. The molecule has 0 spiro atoms. The molecule has 0 bridgehead atoms. The number of hydrogen-bond donors (Lipinski definition) is 2. The van der Waals surface area contributed by atoms with Crippen molar-refractivity contribution in [1.82, 2.24) is 15.2 Å². The summed E-state index contributed by atoms with van der Waals surface area (Å²) in [6.07, 6.45) is 0. The summed E-state index contributed by atoms with van der Waals surface area (Å²) < 4.78 is 0. The van der Waals surface area contributed by atoms with Gasteiger partial charge in [0.25, 0.3) is 5.56 Å². The van der Waals surface area contributed by atoms with Gasteiger partial charge in [-0.2, -0.15) is 0 Å². The lowest BCUT2D eigenvalue weighted by molar-refractivity contribution is 0.962. The Bertz CT molecular complexity index is 608. The van der Waals surface area contributed by atoms with Crippen molar-refractivity contribution in [3.63, 3.8) is 0 Å². The molecule has 5 nitrogen and oxygen atoms in total. The Morgan fingerprint density at radius 1 is 1.12 bits per heavy atom. The minimum atomic E-state index is -0.408. The first kappa shape index (κ1) is 11.3. The van der Waals surface area contributed by atoms with E-state index in [1.54, 1.807) is 0 Å². The molecule has 0 saturated heterocycles. The lowest BCUT2D eigenvalue weighted by atomic mass is 9.99. The van der Waals surface area contributed by atoms with Crippen molar-refractivity contribution in [2.75, 3.05) is 5.73 Å².